The van der Waals surface area contributed by atoms with Crippen LogP contribution in [0.5, 0.6) is 0 Å². The summed E-state index contributed by atoms with van der Waals surface area (Å²) in [5, 5.41) is 0. The molecule has 6 atom stereocenters. The minimum atomic E-state index is -0.159. The molecule has 2 aliphatic carbocycles. The van der Waals surface area contributed by atoms with Crippen molar-refractivity contribution in [2.45, 2.75) is 45.6 Å². The molecule has 0 amide bonds. The molecular weight excluding hydrogens is 256 g/mol. The quantitative estimate of drug-likeness (QED) is 0.728. The molecule has 2 bridgehead atoms. The number of ether oxygens (including phenoxy) is 2. The van der Waals surface area contributed by atoms with Gasteiger partial charge in [-0.2, -0.15) is 0 Å². The standard InChI is InChI=1S/C16H24O4/c1-9(15(18)19-3)11-4-6-16-7-5-12(17)10(2)13(16)14(11)20-8-16/h9-11,13-14H,4-8H2,1-3H3/t9?,10-,11?,13-,14-,16+/m1/s1. The number of esters is 1. The predicted molar refractivity (Wildman–Crippen MR) is 73.0 cm³/mol. The van der Waals surface area contributed by atoms with E-state index < -0.39 is 0 Å². The van der Waals surface area contributed by atoms with Crippen molar-refractivity contribution in [2.75, 3.05) is 13.7 Å². The number of methoxy groups -OCH3 is 1. The zero-order valence-corrected chi connectivity index (χ0v) is 12.6. The molecule has 2 unspecified atom stereocenters. The zero-order chi connectivity index (χ0) is 14.5. The Bertz CT molecular complexity index is 432. The SMILES string of the molecule is COC(=O)C(C)C1CC[C@@]23CCC(=O)[C@@H](C)[C@@H]2[C@@H]1OC3. The van der Waals surface area contributed by atoms with Crippen LogP contribution in [-0.2, 0) is 19.1 Å². The normalized spacial score (nSPS) is 44.9. The van der Waals surface area contributed by atoms with Crippen LogP contribution in [0.2, 0.25) is 0 Å². The molecular formula is C16H24O4. The van der Waals surface area contributed by atoms with Gasteiger partial charge in [0.25, 0.3) is 0 Å². The van der Waals surface area contributed by atoms with Crippen LogP contribution in [0.25, 0.3) is 0 Å². The first-order valence-electron chi connectivity index (χ1n) is 7.72. The van der Waals surface area contributed by atoms with Gasteiger partial charge in [0.05, 0.1) is 25.7 Å². The van der Waals surface area contributed by atoms with Crippen LogP contribution >= 0.6 is 0 Å². The molecule has 1 heterocycles. The van der Waals surface area contributed by atoms with Gasteiger partial charge < -0.3 is 9.47 Å². The van der Waals surface area contributed by atoms with Gasteiger partial charge in [-0.05, 0) is 25.2 Å². The second-order valence-electron chi connectivity index (χ2n) is 6.93. The van der Waals surface area contributed by atoms with Crippen LogP contribution in [0.1, 0.15) is 39.5 Å². The van der Waals surface area contributed by atoms with Crippen LogP contribution in [0.4, 0.5) is 0 Å². The fourth-order valence-corrected chi connectivity index (χ4v) is 4.93. The minimum Gasteiger partial charge on any atom is -0.469 e. The number of ketones is 1. The number of carbonyl (C=O) groups excluding carboxylic acids is 2. The molecule has 112 valence electrons. The number of hydrogen-bond donors (Lipinski definition) is 0. The van der Waals surface area contributed by atoms with Crippen molar-refractivity contribution in [2.24, 2.45) is 29.1 Å². The maximum Gasteiger partial charge on any atom is 0.308 e. The van der Waals surface area contributed by atoms with E-state index in [-0.39, 0.29) is 35.2 Å². The van der Waals surface area contributed by atoms with Crippen LogP contribution in [0.3, 0.4) is 0 Å². The van der Waals surface area contributed by atoms with Crippen molar-refractivity contribution >= 4 is 11.8 Å². The largest absolute Gasteiger partial charge is 0.469 e. The molecule has 2 saturated carbocycles. The maximum absolute atomic E-state index is 12.1. The van der Waals surface area contributed by atoms with Gasteiger partial charge in [-0.25, -0.2) is 0 Å². The Balaban J connectivity index is 1.87. The monoisotopic (exact) mass is 280 g/mol. The average molecular weight is 280 g/mol. The van der Waals surface area contributed by atoms with E-state index in [0.29, 0.717) is 18.1 Å². The third-order valence-corrected chi connectivity index (χ3v) is 6.15. The van der Waals surface area contributed by atoms with Gasteiger partial charge in [-0.3, -0.25) is 9.59 Å². The van der Waals surface area contributed by atoms with Gasteiger partial charge in [0.1, 0.15) is 5.78 Å². The van der Waals surface area contributed by atoms with E-state index in [1.165, 1.54) is 7.11 Å². The van der Waals surface area contributed by atoms with Crippen molar-refractivity contribution < 1.29 is 19.1 Å². The Morgan fingerprint density at radius 3 is 2.90 bits per heavy atom. The van der Waals surface area contributed by atoms with Crippen molar-refractivity contribution in [3.05, 3.63) is 0 Å². The van der Waals surface area contributed by atoms with Crippen LogP contribution in [0, 0.1) is 29.1 Å². The van der Waals surface area contributed by atoms with E-state index in [1.54, 1.807) is 0 Å². The second-order valence-corrected chi connectivity index (χ2v) is 6.93. The van der Waals surface area contributed by atoms with E-state index in [9.17, 15) is 9.59 Å². The first kappa shape index (κ1) is 14.1. The highest BCUT2D eigenvalue weighted by Gasteiger charge is 2.60. The lowest BCUT2D eigenvalue weighted by Gasteiger charge is -2.48. The number of Topliss-reactive ketones (excluding diaryl/α,β-unsaturated/α-hetero) is 1. The van der Waals surface area contributed by atoms with Crippen molar-refractivity contribution in [1.82, 2.24) is 0 Å². The minimum absolute atomic E-state index is 0.0529. The lowest BCUT2D eigenvalue weighted by atomic mass is 9.53. The molecule has 4 nitrogen and oxygen atoms in total. The smallest absolute Gasteiger partial charge is 0.308 e. The summed E-state index contributed by atoms with van der Waals surface area (Å²) in [7, 11) is 1.44. The average Bonchev–Trinajstić information content (AvgIpc) is 2.74. The molecule has 0 aromatic rings. The van der Waals surface area contributed by atoms with Gasteiger partial charge in [0.15, 0.2) is 0 Å². The Hall–Kier alpha value is -0.900. The fraction of sp³-hybridized carbons (Fsp3) is 0.875. The van der Waals surface area contributed by atoms with E-state index in [1.807, 2.05) is 13.8 Å². The van der Waals surface area contributed by atoms with Crippen LogP contribution in [0.15, 0.2) is 0 Å². The molecule has 4 heteroatoms. The summed E-state index contributed by atoms with van der Waals surface area (Å²) in [4.78, 5) is 23.9. The molecule has 20 heavy (non-hydrogen) atoms. The summed E-state index contributed by atoms with van der Waals surface area (Å²) in [6.07, 6.45) is 3.81. The third kappa shape index (κ3) is 1.84. The molecule has 3 aliphatic rings. The Labute approximate surface area is 120 Å². The molecule has 1 saturated heterocycles. The highest BCUT2D eigenvalue weighted by Crippen LogP contribution is 2.59. The lowest BCUT2D eigenvalue weighted by Crippen LogP contribution is -2.51. The van der Waals surface area contributed by atoms with Crippen molar-refractivity contribution in [3.63, 3.8) is 0 Å². The van der Waals surface area contributed by atoms with E-state index >= 15 is 0 Å². The number of hydrogen-bond acceptors (Lipinski definition) is 4. The first-order chi connectivity index (χ1) is 9.50. The summed E-state index contributed by atoms with van der Waals surface area (Å²) in [5.41, 5.74) is 0.199. The molecule has 1 aliphatic heterocycles. The second kappa shape index (κ2) is 4.83. The van der Waals surface area contributed by atoms with Gasteiger partial charge in [-0.15, -0.1) is 0 Å². The molecule has 0 aromatic heterocycles. The van der Waals surface area contributed by atoms with Crippen molar-refractivity contribution in [1.29, 1.82) is 0 Å². The molecule has 0 N–H and O–H groups in total. The van der Waals surface area contributed by atoms with Gasteiger partial charge in [-0.1, -0.05) is 13.8 Å². The summed E-state index contributed by atoms with van der Waals surface area (Å²) in [6.45, 7) is 4.75. The van der Waals surface area contributed by atoms with Gasteiger partial charge >= 0.3 is 5.97 Å². The van der Waals surface area contributed by atoms with Gasteiger partial charge in [0.2, 0.25) is 0 Å². The van der Waals surface area contributed by atoms with E-state index in [2.05, 4.69) is 0 Å². The Morgan fingerprint density at radius 2 is 2.20 bits per heavy atom. The van der Waals surface area contributed by atoms with Crippen LogP contribution < -0.4 is 0 Å². The number of carbonyl (C=O) groups is 2. The zero-order valence-electron chi connectivity index (χ0n) is 12.6. The summed E-state index contributed by atoms with van der Waals surface area (Å²) < 4.78 is 11.0. The highest BCUT2D eigenvalue weighted by atomic mass is 16.5. The molecule has 0 radical (unpaired) electrons. The Kier molecular flexibility index (Phi) is 3.39. The summed E-state index contributed by atoms with van der Waals surface area (Å²) >= 11 is 0. The predicted octanol–water partition coefficient (Wildman–Crippen LogP) is 2.21. The highest BCUT2D eigenvalue weighted by molar-refractivity contribution is 5.82. The van der Waals surface area contributed by atoms with Crippen LogP contribution in [-0.4, -0.2) is 31.6 Å². The van der Waals surface area contributed by atoms with Gasteiger partial charge in [0, 0.05) is 23.7 Å². The first-order valence-corrected chi connectivity index (χ1v) is 7.72. The van der Waals surface area contributed by atoms with E-state index in [0.717, 1.165) is 25.9 Å². The number of rotatable bonds is 2. The van der Waals surface area contributed by atoms with Crippen molar-refractivity contribution in [3.8, 4) is 0 Å². The molecule has 3 rings (SSSR count). The topological polar surface area (TPSA) is 52.6 Å². The maximum atomic E-state index is 12.1. The molecule has 0 spiro atoms. The summed E-state index contributed by atoms with van der Waals surface area (Å²) in [5.74, 6) is 0.626. The lowest BCUT2D eigenvalue weighted by molar-refractivity contribution is -0.151. The Morgan fingerprint density at radius 1 is 1.45 bits per heavy atom. The third-order valence-electron chi connectivity index (χ3n) is 6.15. The molecule has 3 fully saturated rings. The summed E-state index contributed by atoms with van der Waals surface area (Å²) in [6, 6.07) is 0. The van der Waals surface area contributed by atoms with E-state index in [4.69, 9.17) is 9.47 Å². The fourth-order valence-electron chi connectivity index (χ4n) is 4.93. The molecule has 0 aromatic carbocycles.